The number of nitrogens with one attached hydrogen (secondary N) is 1. The SMILES string of the molecule is O=C(NCCc1ccccn1)c1ccc2c(c1)S(=O)(=O)N(C1CC1)C2=O. The van der Waals surface area contributed by atoms with E-state index < -0.39 is 15.9 Å². The maximum Gasteiger partial charge on any atom is 0.269 e. The van der Waals surface area contributed by atoms with E-state index in [1.165, 1.54) is 18.2 Å². The Hall–Kier alpha value is -2.74. The molecule has 0 spiro atoms. The van der Waals surface area contributed by atoms with Crippen LogP contribution in [-0.2, 0) is 16.4 Å². The highest BCUT2D eigenvalue weighted by atomic mass is 32.2. The molecule has 0 unspecified atom stereocenters. The van der Waals surface area contributed by atoms with E-state index in [-0.39, 0.29) is 28.0 Å². The number of sulfonamides is 1. The van der Waals surface area contributed by atoms with Gasteiger partial charge >= 0.3 is 0 Å². The minimum Gasteiger partial charge on any atom is -0.352 e. The van der Waals surface area contributed by atoms with Crippen molar-refractivity contribution in [2.75, 3.05) is 6.54 Å². The molecule has 26 heavy (non-hydrogen) atoms. The normalized spacial score (nSPS) is 17.8. The van der Waals surface area contributed by atoms with Gasteiger partial charge in [-0.1, -0.05) is 6.07 Å². The van der Waals surface area contributed by atoms with Crippen LogP contribution in [0.2, 0.25) is 0 Å². The van der Waals surface area contributed by atoms with Gasteiger partial charge in [-0.05, 0) is 43.2 Å². The highest BCUT2D eigenvalue weighted by molar-refractivity contribution is 7.90. The molecule has 2 heterocycles. The van der Waals surface area contributed by atoms with Crippen LogP contribution < -0.4 is 5.32 Å². The summed E-state index contributed by atoms with van der Waals surface area (Å²) in [6.45, 7) is 0.382. The molecule has 2 aromatic rings. The first-order chi connectivity index (χ1) is 12.5. The molecule has 2 aliphatic rings. The van der Waals surface area contributed by atoms with Crippen LogP contribution in [0, 0.1) is 0 Å². The highest BCUT2D eigenvalue weighted by Crippen LogP contribution is 2.39. The number of nitrogens with zero attached hydrogens (tertiary/aromatic N) is 2. The fraction of sp³-hybridized carbons (Fsp3) is 0.278. The Kier molecular flexibility index (Phi) is 3.99. The maximum absolute atomic E-state index is 12.6. The van der Waals surface area contributed by atoms with Crippen molar-refractivity contribution in [1.82, 2.24) is 14.6 Å². The molecule has 1 saturated carbocycles. The lowest BCUT2D eigenvalue weighted by Crippen LogP contribution is -2.32. The Morgan fingerprint density at radius 1 is 1.23 bits per heavy atom. The Labute approximate surface area is 151 Å². The third kappa shape index (κ3) is 2.86. The lowest BCUT2D eigenvalue weighted by Gasteiger charge is -2.13. The van der Waals surface area contributed by atoms with Crippen LogP contribution in [0.5, 0.6) is 0 Å². The molecule has 1 aliphatic carbocycles. The third-order valence-electron chi connectivity index (χ3n) is 4.48. The predicted octanol–water partition coefficient (Wildman–Crippen LogP) is 1.36. The molecular weight excluding hydrogens is 354 g/mol. The van der Waals surface area contributed by atoms with Gasteiger partial charge in [-0.15, -0.1) is 0 Å². The molecule has 0 saturated heterocycles. The third-order valence-corrected chi connectivity index (χ3v) is 6.36. The molecule has 7 nitrogen and oxygen atoms in total. The number of carbonyl (C=O) groups excluding carboxylic acids is 2. The quantitative estimate of drug-likeness (QED) is 0.856. The van der Waals surface area contributed by atoms with Gasteiger partial charge < -0.3 is 5.32 Å². The second-order valence-electron chi connectivity index (χ2n) is 6.38. The van der Waals surface area contributed by atoms with Gasteiger partial charge in [0.1, 0.15) is 4.90 Å². The van der Waals surface area contributed by atoms with Gasteiger partial charge in [0.2, 0.25) is 0 Å². The monoisotopic (exact) mass is 371 g/mol. The molecule has 0 atom stereocenters. The number of aromatic nitrogens is 1. The number of pyridine rings is 1. The van der Waals surface area contributed by atoms with Gasteiger partial charge in [0.25, 0.3) is 21.8 Å². The molecule has 1 fully saturated rings. The second-order valence-corrected chi connectivity index (χ2v) is 8.16. The van der Waals surface area contributed by atoms with Crippen molar-refractivity contribution >= 4 is 21.8 Å². The van der Waals surface area contributed by atoms with Gasteiger partial charge in [-0.25, -0.2) is 12.7 Å². The fourth-order valence-electron chi connectivity index (χ4n) is 3.01. The van der Waals surface area contributed by atoms with Crippen LogP contribution in [-0.4, -0.2) is 42.1 Å². The zero-order valence-electron chi connectivity index (χ0n) is 13.9. The van der Waals surface area contributed by atoms with E-state index in [2.05, 4.69) is 10.3 Å². The molecule has 1 aliphatic heterocycles. The number of hydrogen-bond acceptors (Lipinski definition) is 5. The van der Waals surface area contributed by atoms with Crippen LogP contribution in [0.4, 0.5) is 0 Å². The van der Waals surface area contributed by atoms with E-state index in [9.17, 15) is 18.0 Å². The van der Waals surface area contributed by atoms with Crippen molar-refractivity contribution in [3.63, 3.8) is 0 Å². The van der Waals surface area contributed by atoms with Gasteiger partial charge in [-0.2, -0.15) is 0 Å². The molecule has 2 amide bonds. The summed E-state index contributed by atoms with van der Waals surface area (Å²) >= 11 is 0. The van der Waals surface area contributed by atoms with Crippen molar-refractivity contribution in [3.8, 4) is 0 Å². The van der Waals surface area contributed by atoms with Crippen LogP contribution in [0.25, 0.3) is 0 Å². The summed E-state index contributed by atoms with van der Waals surface area (Å²) in [4.78, 5) is 28.8. The molecule has 0 radical (unpaired) electrons. The number of carbonyl (C=O) groups is 2. The van der Waals surface area contributed by atoms with Gasteiger partial charge in [0.05, 0.1) is 5.56 Å². The zero-order chi connectivity index (χ0) is 18.3. The average molecular weight is 371 g/mol. The fourth-order valence-corrected chi connectivity index (χ4v) is 4.85. The van der Waals surface area contributed by atoms with Gasteiger partial charge in [-0.3, -0.25) is 14.6 Å². The molecule has 4 rings (SSSR count). The summed E-state index contributed by atoms with van der Waals surface area (Å²) in [5.74, 6) is -0.874. The Balaban J connectivity index is 1.50. The minimum absolute atomic E-state index is 0.0771. The Bertz CT molecular complexity index is 985. The number of hydrogen-bond donors (Lipinski definition) is 1. The van der Waals surface area contributed by atoms with E-state index in [1.54, 1.807) is 6.20 Å². The summed E-state index contributed by atoms with van der Waals surface area (Å²) in [5, 5.41) is 2.75. The highest BCUT2D eigenvalue weighted by Gasteiger charge is 2.48. The van der Waals surface area contributed by atoms with E-state index in [1.807, 2.05) is 18.2 Å². The largest absolute Gasteiger partial charge is 0.352 e. The molecule has 1 aromatic heterocycles. The minimum atomic E-state index is -3.86. The zero-order valence-corrected chi connectivity index (χ0v) is 14.7. The topological polar surface area (TPSA) is 96.4 Å². The van der Waals surface area contributed by atoms with Crippen molar-refractivity contribution in [2.24, 2.45) is 0 Å². The average Bonchev–Trinajstić information content (AvgIpc) is 3.43. The number of amides is 2. The van der Waals surface area contributed by atoms with E-state index in [4.69, 9.17) is 0 Å². The summed E-state index contributed by atoms with van der Waals surface area (Å²) in [6.07, 6.45) is 3.65. The summed E-state index contributed by atoms with van der Waals surface area (Å²) in [5.41, 5.74) is 1.22. The second kappa shape index (κ2) is 6.21. The first kappa shape index (κ1) is 16.7. The molecule has 134 valence electrons. The van der Waals surface area contributed by atoms with Crippen molar-refractivity contribution in [3.05, 3.63) is 59.4 Å². The Morgan fingerprint density at radius 3 is 2.73 bits per heavy atom. The first-order valence-corrected chi connectivity index (χ1v) is 9.83. The number of benzene rings is 1. The lowest BCUT2D eigenvalue weighted by molar-refractivity contribution is 0.0863. The summed E-state index contributed by atoms with van der Waals surface area (Å²) < 4.78 is 26.2. The molecular formula is C18H17N3O4S. The van der Waals surface area contributed by atoms with Crippen molar-refractivity contribution in [2.45, 2.75) is 30.2 Å². The number of fused-ring (bicyclic) bond motifs is 1. The van der Waals surface area contributed by atoms with Gasteiger partial charge in [0.15, 0.2) is 0 Å². The molecule has 8 heteroatoms. The molecule has 1 N–H and O–H groups in total. The predicted molar refractivity (Wildman–Crippen MR) is 93.1 cm³/mol. The van der Waals surface area contributed by atoms with Crippen molar-refractivity contribution < 1.29 is 18.0 Å². The molecule has 0 bridgehead atoms. The van der Waals surface area contributed by atoms with Crippen LogP contribution in [0.3, 0.4) is 0 Å². The standard InChI is InChI=1S/C18H17N3O4S/c22-17(20-10-8-13-3-1-2-9-19-13)12-4-7-15-16(11-12)26(24,25)21(18(15)23)14-5-6-14/h1-4,7,9,11,14H,5-6,8,10H2,(H,20,22). The lowest BCUT2D eigenvalue weighted by atomic mass is 10.1. The summed E-state index contributed by atoms with van der Waals surface area (Å²) in [6, 6.07) is 9.52. The molecule has 1 aromatic carbocycles. The van der Waals surface area contributed by atoms with Crippen molar-refractivity contribution in [1.29, 1.82) is 0 Å². The van der Waals surface area contributed by atoms with Crippen LogP contribution >= 0.6 is 0 Å². The smallest absolute Gasteiger partial charge is 0.269 e. The number of rotatable bonds is 5. The van der Waals surface area contributed by atoms with E-state index >= 15 is 0 Å². The van der Waals surface area contributed by atoms with Crippen LogP contribution in [0.1, 0.15) is 39.3 Å². The van der Waals surface area contributed by atoms with E-state index in [0.717, 1.165) is 10.00 Å². The van der Waals surface area contributed by atoms with Crippen LogP contribution in [0.15, 0.2) is 47.5 Å². The van der Waals surface area contributed by atoms with E-state index in [0.29, 0.717) is 25.8 Å². The van der Waals surface area contributed by atoms with Gasteiger partial charge in [0, 0.05) is 36.5 Å². The maximum atomic E-state index is 12.6. The first-order valence-electron chi connectivity index (χ1n) is 8.39. The Morgan fingerprint density at radius 2 is 2.04 bits per heavy atom. The summed E-state index contributed by atoms with van der Waals surface area (Å²) in [7, 11) is -3.86.